The zero-order valence-corrected chi connectivity index (χ0v) is 19.0. The molecule has 0 aliphatic rings. The van der Waals surface area contributed by atoms with Gasteiger partial charge in [-0.25, -0.2) is 0 Å². The van der Waals surface area contributed by atoms with Crippen LogP contribution < -0.4 is 4.74 Å². The second-order valence-corrected chi connectivity index (χ2v) is 4.99. The lowest BCUT2D eigenvalue weighted by Gasteiger charge is -2.01. The summed E-state index contributed by atoms with van der Waals surface area (Å²) >= 11 is 0. The largest absolute Gasteiger partial charge is 0.497 e. The van der Waals surface area contributed by atoms with Gasteiger partial charge in [0.15, 0.2) is 5.78 Å². The second kappa shape index (κ2) is 24.9. The summed E-state index contributed by atoms with van der Waals surface area (Å²) in [6.07, 6.45) is 5.57. The highest BCUT2D eigenvalue weighted by molar-refractivity contribution is 5.93. The van der Waals surface area contributed by atoms with Gasteiger partial charge < -0.3 is 14.2 Å². The van der Waals surface area contributed by atoms with E-state index in [9.17, 15) is 9.59 Å². The molecule has 0 atom stereocenters. The molecular weight excluding hydrogens is 356 g/mol. The molecule has 0 aliphatic heterocycles. The van der Waals surface area contributed by atoms with Crippen molar-refractivity contribution in [2.45, 2.75) is 60.3 Å². The van der Waals surface area contributed by atoms with Gasteiger partial charge in [-0.2, -0.15) is 0 Å². The number of ketones is 1. The normalized spacial score (nSPS) is 9.00. The van der Waals surface area contributed by atoms with E-state index in [1.54, 1.807) is 40.4 Å². The van der Waals surface area contributed by atoms with Gasteiger partial charge in [0.2, 0.25) is 0 Å². The molecule has 0 aromatic heterocycles. The van der Waals surface area contributed by atoms with Gasteiger partial charge in [-0.05, 0) is 43.5 Å². The molecular formula is C23H40O5. The number of benzene rings is 1. The zero-order valence-electron chi connectivity index (χ0n) is 19.0. The third-order valence-corrected chi connectivity index (χ3v) is 2.94. The van der Waals surface area contributed by atoms with Crippen molar-refractivity contribution in [3.05, 3.63) is 35.9 Å². The number of unbranched alkanes of at least 4 members (excludes halogenated alkanes) is 1. The van der Waals surface area contributed by atoms with Crippen molar-refractivity contribution in [1.29, 1.82) is 0 Å². The van der Waals surface area contributed by atoms with E-state index in [-0.39, 0.29) is 11.8 Å². The number of rotatable bonds is 9. The molecule has 0 spiro atoms. The molecule has 0 N–H and O–H groups in total. The lowest BCUT2D eigenvalue weighted by atomic mass is 10.1. The summed E-state index contributed by atoms with van der Waals surface area (Å²) < 4.78 is 14.1. The number of hydrogen-bond donors (Lipinski definition) is 0. The average Bonchev–Trinajstić information content (AvgIpc) is 2.74. The number of esters is 1. The maximum atomic E-state index is 11.7. The van der Waals surface area contributed by atoms with Crippen LogP contribution in [0.4, 0.5) is 0 Å². The first kappa shape index (κ1) is 30.6. The van der Waals surface area contributed by atoms with Crippen LogP contribution >= 0.6 is 0 Å². The van der Waals surface area contributed by atoms with E-state index in [2.05, 4.69) is 4.74 Å². The minimum absolute atomic E-state index is 0.0645. The highest BCUT2D eigenvalue weighted by Gasteiger charge is 2.02. The first-order valence-corrected chi connectivity index (χ1v) is 9.98. The Labute approximate surface area is 172 Å². The van der Waals surface area contributed by atoms with Crippen LogP contribution in [0.15, 0.2) is 30.3 Å². The van der Waals surface area contributed by atoms with Gasteiger partial charge in [-0.3, -0.25) is 9.59 Å². The maximum Gasteiger partial charge on any atom is 0.305 e. The molecule has 0 aliphatic carbocycles. The summed E-state index contributed by atoms with van der Waals surface area (Å²) in [7, 11) is 4.87. The standard InChI is InChI=1S/C17H22O4.C2H6O.2C2H6/c1-3-21-17(19)7-5-4-6-15(18)11-8-14-9-12-16(20-2)13-10-14;1-3-2;2*1-2/h8-13H,3-7H2,1-2H3;1-2H3;2*1-2H3/b11-8+;;;. The van der Waals surface area contributed by atoms with Crippen LogP contribution in [0.3, 0.4) is 0 Å². The molecule has 0 saturated heterocycles. The third-order valence-electron chi connectivity index (χ3n) is 2.94. The van der Waals surface area contributed by atoms with Crippen molar-refractivity contribution in [1.82, 2.24) is 0 Å². The van der Waals surface area contributed by atoms with E-state index < -0.39 is 0 Å². The Morgan fingerprint density at radius 3 is 1.86 bits per heavy atom. The van der Waals surface area contributed by atoms with E-state index in [0.717, 1.165) is 11.3 Å². The van der Waals surface area contributed by atoms with Gasteiger partial charge in [-0.15, -0.1) is 0 Å². The lowest BCUT2D eigenvalue weighted by molar-refractivity contribution is -0.143. The van der Waals surface area contributed by atoms with Crippen molar-refractivity contribution < 1.29 is 23.8 Å². The molecule has 0 unspecified atom stereocenters. The molecule has 0 fully saturated rings. The fourth-order valence-corrected chi connectivity index (χ4v) is 1.79. The summed E-state index contributed by atoms with van der Waals surface area (Å²) in [5.74, 6) is 0.658. The zero-order chi connectivity index (χ0) is 22.2. The van der Waals surface area contributed by atoms with Crippen LogP contribution in [-0.4, -0.2) is 39.7 Å². The summed E-state index contributed by atoms with van der Waals surface area (Å²) in [6, 6.07) is 7.49. The molecule has 1 aromatic carbocycles. The van der Waals surface area contributed by atoms with Crippen molar-refractivity contribution in [2.24, 2.45) is 0 Å². The Hall–Kier alpha value is -2.14. The molecule has 0 saturated carbocycles. The quantitative estimate of drug-likeness (QED) is 0.304. The van der Waals surface area contributed by atoms with Gasteiger partial charge in [0.05, 0.1) is 13.7 Å². The maximum absolute atomic E-state index is 11.7. The smallest absolute Gasteiger partial charge is 0.305 e. The van der Waals surface area contributed by atoms with Gasteiger partial charge >= 0.3 is 5.97 Å². The monoisotopic (exact) mass is 396 g/mol. The molecule has 0 heterocycles. The number of hydrogen-bond acceptors (Lipinski definition) is 5. The van der Waals surface area contributed by atoms with Crippen molar-refractivity contribution in [2.75, 3.05) is 27.9 Å². The van der Waals surface area contributed by atoms with E-state index in [1.807, 2.05) is 52.0 Å². The number of methoxy groups -OCH3 is 2. The third kappa shape index (κ3) is 20.2. The number of carbonyl (C=O) groups excluding carboxylic acids is 2. The van der Waals surface area contributed by atoms with Gasteiger partial charge in [0.25, 0.3) is 0 Å². The Morgan fingerprint density at radius 1 is 0.893 bits per heavy atom. The number of ether oxygens (including phenoxy) is 3. The number of carbonyl (C=O) groups is 2. The fourth-order valence-electron chi connectivity index (χ4n) is 1.79. The summed E-state index contributed by atoms with van der Waals surface area (Å²) in [6.45, 7) is 10.2. The molecule has 0 amide bonds. The second-order valence-electron chi connectivity index (χ2n) is 4.99. The van der Waals surface area contributed by atoms with Crippen LogP contribution in [0.2, 0.25) is 0 Å². The summed E-state index contributed by atoms with van der Waals surface area (Å²) in [5.41, 5.74) is 0.954. The van der Waals surface area contributed by atoms with Crippen molar-refractivity contribution >= 4 is 17.8 Å². The lowest BCUT2D eigenvalue weighted by Crippen LogP contribution is -2.03. The molecule has 1 aromatic rings. The van der Waals surface area contributed by atoms with Gasteiger partial charge in [-0.1, -0.05) is 45.9 Å². The van der Waals surface area contributed by atoms with Gasteiger partial charge in [0.1, 0.15) is 5.75 Å². The fraction of sp³-hybridized carbons (Fsp3) is 0.565. The van der Waals surface area contributed by atoms with Gasteiger partial charge in [0, 0.05) is 27.1 Å². The topological polar surface area (TPSA) is 61.8 Å². The summed E-state index contributed by atoms with van der Waals surface area (Å²) in [4.78, 5) is 22.8. The molecule has 0 bridgehead atoms. The number of allylic oxidation sites excluding steroid dienone is 1. The highest BCUT2D eigenvalue weighted by atomic mass is 16.5. The van der Waals surface area contributed by atoms with Crippen molar-refractivity contribution in [3.8, 4) is 5.75 Å². The Bertz CT molecular complexity index is 492. The minimum Gasteiger partial charge on any atom is -0.497 e. The Kier molecular flexibility index (Phi) is 27.2. The minimum atomic E-state index is -0.196. The van der Waals surface area contributed by atoms with E-state index in [0.29, 0.717) is 32.3 Å². The van der Waals surface area contributed by atoms with Crippen molar-refractivity contribution in [3.63, 3.8) is 0 Å². The Morgan fingerprint density at radius 2 is 1.39 bits per heavy atom. The first-order chi connectivity index (χ1) is 13.6. The highest BCUT2D eigenvalue weighted by Crippen LogP contribution is 2.12. The molecule has 5 heteroatoms. The molecule has 5 nitrogen and oxygen atoms in total. The van der Waals surface area contributed by atoms with Crippen LogP contribution in [0.5, 0.6) is 5.75 Å². The average molecular weight is 397 g/mol. The van der Waals surface area contributed by atoms with Crippen LogP contribution in [0.1, 0.15) is 65.9 Å². The van der Waals surface area contributed by atoms with Crippen LogP contribution in [0.25, 0.3) is 6.08 Å². The first-order valence-electron chi connectivity index (χ1n) is 9.98. The predicted molar refractivity (Wildman–Crippen MR) is 118 cm³/mol. The molecule has 1 rings (SSSR count). The van der Waals surface area contributed by atoms with E-state index in [1.165, 1.54) is 0 Å². The SMILES string of the molecule is CC.CC.CCOC(=O)CCCCC(=O)/C=C/c1ccc(OC)cc1.COC. The van der Waals surface area contributed by atoms with E-state index >= 15 is 0 Å². The predicted octanol–water partition coefficient (Wildman–Crippen LogP) is 5.72. The van der Waals surface area contributed by atoms with Crippen LogP contribution in [0, 0.1) is 0 Å². The molecule has 162 valence electrons. The molecule has 0 radical (unpaired) electrons. The molecule has 28 heavy (non-hydrogen) atoms. The van der Waals surface area contributed by atoms with E-state index in [4.69, 9.17) is 9.47 Å². The Balaban J connectivity index is -0.000000789. The van der Waals surface area contributed by atoms with Crippen LogP contribution in [-0.2, 0) is 19.1 Å². The summed E-state index contributed by atoms with van der Waals surface area (Å²) in [5, 5.41) is 0.